The quantitative estimate of drug-likeness (QED) is 0.731. The van der Waals surface area contributed by atoms with Crippen molar-refractivity contribution in [1.82, 2.24) is 20.1 Å². The molecule has 1 heterocycles. The topological polar surface area (TPSA) is 85.8 Å². The van der Waals surface area contributed by atoms with Crippen LogP contribution in [-0.2, 0) is 18.4 Å². The molecule has 0 bridgehead atoms. The first-order valence-corrected chi connectivity index (χ1v) is 5.73. The Morgan fingerprint density at radius 2 is 2.35 bits per heavy atom. The molecular formula is C10H17N5OS. The van der Waals surface area contributed by atoms with Crippen molar-refractivity contribution in [3.8, 4) is 0 Å². The highest BCUT2D eigenvalue weighted by Gasteiger charge is 2.34. The van der Waals surface area contributed by atoms with E-state index in [0.29, 0.717) is 12.2 Å². The van der Waals surface area contributed by atoms with Gasteiger partial charge in [-0.3, -0.25) is 9.48 Å². The predicted octanol–water partition coefficient (Wildman–Crippen LogP) is 0.134. The summed E-state index contributed by atoms with van der Waals surface area (Å²) in [5.41, 5.74) is 4.78. The molecule has 7 heteroatoms. The zero-order valence-corrected chi connectivity index (χ0v) is 11.0. The van der Waals surface area contributed by atoms with Crippen LogP contribution in [0.4, 0.5) is 0 Å². The molecule has 1 aromatic heterocycles. The van der Waals surface area contributed by atoms with Crippen LogP contribution < -0.4 is 11.1 Å². The lowest BCUT2D eigenvalue weighted by atomic mass is 9.86. The molecule has 0 radical (unpaired) electrons. The standard InChI is InChI=1S/C10H17N5OS/c1-4-10(2,8(11)17)9(16)12-5-7-13-6-15(3)14-7/h6H,4-5H2,1-3H3,(H2,11,17)(H,12,16). The maximum atomic E-state index is 12.0. The lowest BCUT2D eigenvalue weighted by Gasteiger charge is -2.25. The van der Waals surface area contributed by atoms with Crippen molar-refractivity contribution in [1.29, 1.82) is 0 Å². The zero-order valence-electron chi connectivity index (χ0n) is 10.2. The zero-order chi connectivity index (χ0) is 13.1. The number of amides is 1. The Morgan fingerprint density at radius 1 is 1.71 bits per heavy atom. The number of rotatable bonds is 5. The second-order valence-corrected chi connectivity index (χ2v) is 4.51. The summed E-state index contributed by atoms with van der Waals surface area (Å²) in [6.45, 7) is 3.88. The van der Waals surface area contributed by atoms with Gasteiger partial charge in [0.2, 0.25) is 5.91 Å². The maximum Gasteiger partial charge on any atom is 0.233 e. The second-order valence-electron chi connectivity index (χ2n) is 4.07. The van der Waals surface area contributed by atoms with Gasteiger partial charge < -0.3 is 11.1 Å². The van der Waals surface area contributed by atoms with Gasteiger partial charge in [-0.25, -0.2) is 4.98 Å². The first kappa shape index (κ1) is 13.6. The number of thiocarbonyl (C=S) groups is 1. The summed E-state index contributed by atoms with van der Waals surface area (Å²) in [5, 5.41) is 6.80. The van der Waals surface area contributed by atoms with Gasteiger partial charge in [-0.15, -0.1) is 0 Å². The molecule has 3 N–H and O–H groups in total. The summed E-state index contributed by atoms with van der Waals surface area (Å²) >= 11 is 4.92. The van der Waals surface area contributed by atoms with E-state index in [9.17, 15) is 4.79 Å². The fourth-order valence-corrected chi connectivity index (χ4v) is 1.50. The summed E-state index contributed by atoms with van der Waals surface area (Å²) < 4.78 is 1.58. The smallest absolute Gasteiger partial charge is 0.233 e. The van der Waals surface area contributed by atoms with E-state index in [1.807, 2.05) is 6.92 Å². The van der Waals surface area contributed by atoms with Crippen molar-refractivity contribution in [2.75, 3.05) is 0 Å². The Morgan fingerprint density at radius 3 is 2.76 bits per heavy atom. The molecular weight excluding hydrogens is 238 g/mol. The van der Waals surface area contributed by atoms with E-state index in [0.717, 1.165) is 0 Å². The molecule has 0 saturated carbocycles. The minimum absolute atomic E-state index is 0.194. The van der Waals surface area contributed by atoms with E-state index in [2.05, 4.69) is 15.4 Å². The molecule has 0 saturated heterocycles. The van der Waals surface area contributed by atoms with Crippen LogP contribution in [0, 0.1) is 5.41 Å². The van der Waals surface area contributed by atoms with Gasteiger partial charge >= 0.3 is 0 Å². The number of carbonyl (C=O) groups excluding carboxylic acids is 1. The molecule has 1 atom stereocenters. The molecule has 1 unspecified atom stereocenters. The molecule has 0 aliphatic rings. The van der Waals surface area contributed by atoms with Crippen LogP contribution in [0.1, 0.15) is 26.1 Å². The van der Waals surface area contributed by atoms with Gasteiger partial charge in [0.25, 0.3) is 0 Å². The Bertz CT molecular complexity index is 430. The van der Waals surface area contributed by atoms with E-state index in [1.165, 1.54) is 0 Å². The summed E-state index contributed by atoms with van der Waals surface area (Å²) in [4.78, 5) is 16.2. The summed E-state index contributed by atoms with van der Waals surface area (Å²) in [5.74, 6) is 0.363. The third-order valence-corrected chi connectivity index (χ3v) is 3.26. The fraction of sp³-hybridized carbons (Fsp3) is 0.600. The summed E-state index contributed by atoms with van der Waals surface area (Å²) in [6.07, 6.45) is 2.14. The minimum atomic E-state index is -0.815. The van der Waals surface area contributed by atoms with E-state index in [1.54, 1.807) is 25.0 Å². The van der Waals surface area contributed by atoms with Crippen molar-refractivity contribution in [2.45, 2.75) is 26.8 Å². The Kier molecular flexibility index (Phi) is 4.17. The van der Waals surface area contributed by atoms with Crippen LogP contribution in [0.15, 0.2) is 6.33 Å². The number of carbonyl (C=O) groups is 1. The molecule has 6 nitrogen and oxygen atoms in total. The van der Waals surface area contributed by atoms with Gasteiger partial charge in [-0.2, -0.15) is 5.10 Å². The lowest BCUT2D eigenvalue weighted by molar-refractivity contribution is -0.127. The number of aromatic nitrogens is 3. The third kappa shape index (κ3) is 3.00. The number of nitrogens with zero attached hydrogens (tertiary/aromatic N) is 3. The van der Waals surface area contributed by atoms with Crippen molar-refractivity contribution >= 4 is 23.1 Å². The maximum absolute atomic E-state index is 12.0. The number of hydrogen-bond acceptors (Lipinski definition) is 4. The van der Waals surface area contributed by atoms with E-state index < -0.39 is 5.41 Å². The normalized spacial score (nSPS) is 14.1. The van der Waals surface area contributed by atoms with Crippen LogP contribution >= 0.6 is 12.2 Å². The third-order valence-electron chi connectivity index (χ3n) is 2.81. The molecule has 0 spiro atoms. The Hall–Kier alpha value is -1.50. The molecule has 0 fully saturated rings. The lowest BCUT2D eigenvalue weighted by Crippen LogP contribution is -2.46. The van der Waals surface area contributed by atoms with Crippen LogP contribution in [0.25, 0.3) is 0 Å². The van der Waals surface area contributed by atoms with Gasteiger partial charge in [0, 0.05) is 7.05 Å². The molecule has 17 heavy (non-hydrogen) atoms. The van der Waals surface area contributed by atoms with Gasteiger partial charge in [-0.1, -0.05) is 19.1 Å². The fourth-order valence-electron chi connectivity index (χ4n) is 1.27. The SMILES string of the molecule is CCC(C)(C(=O)NCc1ncn(C)n1)C(N)=S. The second kappa shape index (κ2) is 5.22. The van der Waals surface area contributed by atoms with Crippen molar-refractivity contribution in [3.05, 3.63) is 12.2 Å². The highest BCUT2D eigenvalue weighted by atomic mass is 32.1. The van der Waals surface area contributed by atoms with E-state index in [-0.39, 0.29) is 17.4 Å². The molecule has 94 valence electrons. The molecule has 1 amide bonds. The highest BCUT2D eigenvalue weighted by Crippen LogP contribution is 2.21. The van der Waals surface area contributed by atoms with Crippen molar-refractivity contribution in [2.24, 2.45) is 18.2 Å². The average molecular weight is 255 g/mol. The van der Waals surface area contributed by atoms with Crippen LogP contribution in [0.2, 0.25) is 0 Å². The van der Waals surface area contributed by atoms with Crippen LogP contribution in [0.3, 0.4) is 0 Å². The van der Waals surface area contributed by atoms with Gasteiger partial charge in [-0.05, 0) is 13.3 Å². The Labute approximate surface area is 106 Å². The number of nitrogens with two attached hydrogens (primary N) is 1. The first-order valence-electron chi connectivity index (χ1n) is 5.33. The molecule has 0 aromatic carbocycles. The number of aryl methyl sites for hydroxylation is 1. The van der Waals surface area contributed by atoms with Crippen LogP contribution in [0.5, 0.6) is 0 Å². The molecule has 0 aliphatic heterocycles. The first-order chi connectivity index (χ1) is 7.90. The molecule has 1 aromatic rings. The average Bonchev–Trinajstić information content (AvgIpc) is 2.70. The monoisotopic (exact) mass is 255 g/mol. The number of nitrogens with one attached hydrogen (secondary N) is 1. The minimum Gasteiger partial charge on any atom is -0.392 e. The Balaban J connectivity index is 2.63. The van der Waals surface area contributed by atoms with Crippen molar-refractivity contribution < 1.29 is 4.79 Å². The van der Waals surface area contributed by atoms with Gasteiger partial charge in [0.1, 0.15) is 6.33 Å². The number of hydrogen-bond donors (Lipinski definition) is 2. The predicted molar refractivity (Wildman–Crippen MR) is 68.0 cm³/mol. The molecule has 1 rings (SSSR count). The van der Waals surface area contributed by atoms with Crippen molar-refractivity contribution in [3.63, 3.8) is 0 Å². The van der Waals surface area contributed by atoms with Crippen LogP contribution in [-0.4, -0.2) is 25.7 Å². The summed E-state index contributed by atoms with van der Waals surface area (Å²) in [6, 6.07) is 0. The van der Waals surface area contributed by atoms with E-state index in [4.69, 9.17) is 18.0 Å². The van der Waals surface area contributed by atoms with E-state index >= 15 is 0 Å². The van der Waals surface area contributed by atoms with Gasteiger partial charge in [0.05, 0.1) is 16.9 Å². The van der Waals surface area contributed by atoms with Gasteiger partial charge in [0.15, 0.2) is 5.82 Å². The molecule has 0 aliphatic carbocycles. The largest absolute Gasteiger partial charge is 0.392 e. The highest BCUT2D eigenvalue weighted by molar-refractivity contribution is 7.80. The summed E-state index contributed by atoms with van der Waals surface area (Å²) in [7, 11) is 1.77.